The summed E-state index contributed by atoms with van der Waals surface area (Å²) in [6, 6.07) is 0. The number of rotatable bonds is 7. The zero-order valence-electron chi connectivity index (χ0n) is 9.20. The molecule has 0 radical (unpaired) electrons. The topological polar surface area (TPSA) is 96.0 Å². The van der Waals surface area contributed by atoms with Crippen molar-refractivity contribution in [2.75, 3.05) is 19.9 Å². The highest BCUT2D eigenvalue weighted by molar-refractivity contribution is 7.87. The molecule has 94 valence electrons. The highest BCUT2D eigenvalue weighted by atomic mass is 32.2. The molecule has 0 rings (SSSR count). The number of carbonyl (C=O) groups is 1. The van der Waals surface area contributed by atoms with Gasteiger partial charge in [0.2, 0.25) is 6.16 Å². The summed E-state index contributed by atoms with van der Waals surface area (Å²) in [7, 11) is -5.35. The van der Waals surface area contributed by atoms with Crippen molar-refractivity contribution in [3.05, 3.63) is 0 Å². The molecule has 0 saturated heterocycles. The van der Waals surface area contributed by atoms with E-state index in [0.717, 1.165) is 14.0 Å². The number of carbonyl (C=O) groups excluding carboxylic acids is 1. The highest BCUT2D eigenvalue weighted by Gasteiger charge is 2.37. The number of ether oxygens (including phenoxy) is 1. The molecule has 0 heterocycles. The molecule has 0 aromatic rings. The van der Waals surface area contributed by atoms with Gasteiger partial charge in [-0.2, -0.15) is 8.42 Å². The van der Waals surface area contributed by atoms with E-state index in [1.165, 1.54) is 0 Å². The summed E-state index contributed by atoms with van der Waals surface area (Å²) in [6.45, 7) is 2.83. The smallest absolute Gasteiger partial charge is 0.439 e. The van der Waals surface area contributed by atoms with Gasteiger partial charge in [-0.3, -0.25) is 8.98 Å². The minimum Gasteiger partial charge on any atom is -0.439 e. The minimum atomic E-state index is -4.08. The van der Waals surface area contributed by atoms with Crippen LogP contribution in [0.2, 0.25) is 0 Å². The van der Waals surface area contributed by atoms with Crippen molar-refractivity contribution >= 4 is 24.1 Å². The molecule has 0 aliphatic carbocycles. The Balaban J connectivity index is 4.69. The number of esters is 1. The molecular formula is C7H14O7PS+. The van der Waals surface area contributed by atoms with Gasteiger partial charge in [0.05, 0.1) is 13.7 Å². The molecule has 0 aliphatic heterocycles. The van der Waals surface area contributed by atoms with E-state index >= 15 is 0 Å². The van der Waals surface area contributed by atoms with Gasteiger partial charge in [0.15, 0.2) is 0 Å². The molecule has 0 aromatic carbocycles. The van der Waals surface area contributed by atoms with Crippen molar-refractivity contribution in [1.82, 2.24) is 0 Å². The van der Waals surface area contributed by atoms with E-state index < -0.39 is 35.7 Å². The van der Waals surface area contributed by atoms with Crippen molar-refractivity contribution in [2.45, 2.75) is 19.3 Å². The first-order valence-electron chi connectivity index (χ1n) is 4.37. The van der Waals surface area contributed by atoms with Gasteiger partial charge in [0.25, 0.3) is 5.44 Å². The Hall–Kier alpha value is -0.560. The normalized spacial score (nSPS) is 14.3. The fourth-order valence-corrected chi connectivity index (χ4v) is 3.07. The molecule has 0 aliphatic rings. The maximum atomic E-state index is 11.3. The summed E-state index contributed by atoms with van der Waals surface area (Å²) >= 11 is 0. The van der Waals surface area contributed by atoms with E-state index in [4.69, 9.17) is 4.52 Å². The van der Waals surface area contributed by atoms with Crippen LogP contribution in [0.5, 0.6) is 0 Å². The van der Waals surface area contributed by atoms with Gasteiger partial charge >= 0.3 is 24.1 Å². The van der Waals surface area contributed by atoms with Crippen LogP contribution < -0.4 is 0 Å². The Labute approximate surface area is 95.1 Å². The van der Waals surface area contributed by atoms with Gasteiger partial charge in [0.1, 0.15) is 0 Å². The lowest BCUT2D eigenvalue weighted by Crippen LogP contribution is -2.30. The quantitative estimate of drug-likeness (QED) is 0.381. The average molecular weight is 273 g/mol. The van der Waals surface area contributed by atoms with E-state index in [9.17, 15) is 17.8 Å². The molecule has 0 bridgehead atoms. The van der Waals surface area contributed by atoms with Crippen LogP contribution >= 0.6 is 8.03 Å². The summed E-state index contributed by atoms with van der Waals surface area (Å²) in [5, 5.41) is 0. The predicted molar refractivity (Wildman–Crippen MR) is 55.6 cm³/mol. The molecule has 0 N–H and O–H groups in total. The van der Waals surface area contributed by atoms with E-state index in [0.29, 0.717) is 0 Å². The number of hydrogen-bond acceptors (Lipinski definition) is 7. The Morgan fingerprint density at radius 3 is 2.38 bits per heavy atom. The Kier molecular flexibility index (Phi) is 6.66. The minimum absolute atomic E-state index is 0.176. The fraction of sp³-hybridized carbons (Fsp3) is 0.857. The molecule has 16 heavy (non-hydrogen) atoms. The lowest BCUT2D eigenvalue weighted by molar-refractivity contribution is -0.142. The molecule has 0 aromatic heterocycles. The van der Waals surface area contributed by atoms with Crippen LogP contribution in [0.1, 0.15) is 13.8 Å². The fourth-order valence-electron chi connectivity index (χ4n) is 0.798. The lowest BCUT2D eigenvalue weighted by atomic mass is 10.7. The molecule has 0 amide bonds. The van der Waals surface area contributed by atoms with Gasteiger partial charge in [-0.05, 0) is 11.5 Å². The van der Waals surface area contributed by atoms with E-state index in [2.05, 4.69) is 8.92 Å². The van der Waals surface area contributed by atoms with E-state index in [1.807, 2.05) is 0 Å². The second-order valence-corrected chi connectivity index (χ2v) is 5.77. The summed E-state index contributed by atoms with van der Waals surface area (Å²) < 4.78 is 47.2. The van der Waals surface area contributed by atoms with Crippen LogP contribution in [0, 0.1) is 0 Å². The standard InChI is InChI=1S/C7H14O7PS/c1-4-13-15(9)5-7(14-6(2)8)16(10,11)12-3/h7H,4-5H2,1-3H3/q+1. The van der Waals surface area contributed by atoms with Crippen molar-refractivity contribution in [2.24, 2.45) is 0 Å². The first-order chi connectivity index (χ1) is 7.33. The lowest BCUT2D eigenvalue weighted by Gasteiger charge is -2.10. The summed E-state index contributed by atoms with van der Waals surface area (Å²) in [5.41, 5.74) is -1.61. The van der Waals surface area contributed by atoms with Gasteiger partial charge in [0, 0.05) is 6.92 Å². The second-order valence-electron chi connectivity index (χ2n) is 2.63. The van der Waals surface area contributed by atoms with Crippen molar-refractivity contribution < 1.29 is 31.2 Å². The third-order valence-corrected chi connectivity index (χ3v) is 4.22. The zero-order chi connectivity index (χ0) is 12.8. The predicted octanol–water partition coefficient (Wildman–Crippen LogP) is 0.631. The van der Waals surface area contributed by atoms with Gasteiger partial charge in [-0.15, -0.1) is 4.52 Å². The summed E-state index contributed by atoms with van der Waals surface area (Å²) in [4.78, 5) is 10.7. The van der Waals surface area contributed by atoms with Crippen LogP contribution in [0.25, 0.3) is 0 Å². The second kappa shape index (κ2) is 6.90. The van der Waals surface area contributed by atoms with Gasteiger partial charge in [-0.25, -0.2) is 0 Å². The molecule has 2 atom stereocenters. The van der Waals surface area contributed by atoms with Crippen molar-refractivity contribution in [3.8, 4) is 0 Å². The first kappa shape index (κ1) is 15.4. The molecule has 0 spiro atoms. The van der Waals surface area contributed by atoms with Crippen LogP contribution in [-0.4, -0.2) is 39.7 Å². The van der Waals surface area contributed by atoms with Crippen LogP contribution in [0.4, 0.5) is 0 Å². The third kappa shape index (κ3) is 5.50. The average Bonchev–Trinajstić information content (AvgIpc) is 2.16. The van der Waals surface area contributed by atoms with Crippen molar-refractivity contribution in [3.63, 3.8) is 0 Å². The zero-order valence-corrected chi connectivity index (χ0v) is 10.9. The SMILES string of the molecule is CCO[P+](=O)CC(OC(C)=O)S(=O)(=O)OC. The van der Waals surface area contributed by atoms with E-state index in [-0.39, 0.29) is 6.61 Å². The van der Waals surface area contributed by atoms with Gasteiger partial charge < -0.3 is 4.74 Å². The molecule has 0 fully saturated rings. The Bertz CT molecular complexity index is 350. The molecule has 7 nitrogen and oxygen atoms in total. The van der Waals surface area contributed by atoms with Gasteiger partial charge in [-0.1, -0.05) is 0 Å². The van der Waals surface area contributed by atoms with Crippen LogP contribution in [0.15, 0.2) is 0 Å². The highest BCUT2D eigenvalue weighted by Crippen LogP contribution is 2.26. The van der Waals surface area contributed by atoms with Crippen LogP contribution in [0.3, 0.4) is 0 Å². The maximum absolute atomic E-state index is 11.3. The summed E-state index contributed by atoms with van der Waals surface area (Å²) in [6.07, 6.45) is -0.446. The number of hydrogen-bond donors (Lipinski definition) is 0. The third-order valence-electron chi connectivity index (χ3n) is 1.42. The largest absolute Gasteiger partial charge is 0.513 e. The maximum Gasteiger partial charge on any atom is 0.513 e. The Morgan fingerprint density at radius 2 is 2.00 bits per heavy atom. The molecule has 9 heteroatoms. The monoisotopic (exact) mass is 273 g/mol. The van der Waals surface area contributed by atoms with Crippen molar-refractivity contribution in [1.29, 1.82) is 0 Å². The molecule has 0 saturated carbocycles. The first-order valence-corrected chi connectivity index (χ1v) is 7.21. The van der Waals surface area contributed by atoms with Crippen LogP contribution in [-0.2, 0) is 32.9 Å². The van der Waals surface area contributed by atoms with E-state index in [1.54, 1.807) is 6.92 Å². The molecular weight excluding hydrogens is 259 g/mol. The molecule has 2 unspecified atom stereocenters. The summed E-state index contributed by atoms with van der Waals surface area (Å²) in [5.74, 6) is -0.800. The Morgan fingerprint density at radius 1 is 1.44 bits per heavy atom.